The zero-order chi connectivity index (χ0) is 16.7. The first-order chi connectivity index (χ1) is 10.4. The summed E-state index contributed by atoms with van der Waals surface area (Å²) in [6.07, 6.45) is -5.84. The highest BCUT2D eigenvalue weighted by atomic mass is 16.4. The van der Waals surface area contributed by atoms with Crippen LogP contribution >= 0.6 is 0 Å². The SMILES string of the molecule is [2H]N[C@@H](Cc1ccccc1)C(=O)C(=O)[C@@H](O)[C@H](O)[C@H](O)CO. The van der Waals surface area contributed by atoms with Gasteiger partial charge in [-0.15, -0.1) is 0 Å². The van der Waals surface area contributed by atoms with Gasteiger partial charge in [-0.2, -0.15) is 0 Å². The monoisotopic (exact) mass is 298 g/mol. The van der Waals surface area contributed by atoms with Gasteiger partial charge in [-0.25, -0.2) is 0 Å². The third-order valence-electron chi connectivity index (χ3n) is 3.02. The van der Waals surface area contributed by atoms with Gasteiger partial charge in [0, 0.05) is 0 Å². The molecule has 1 aromatic rings. The Kier molecular flexibility index (Phi) is 5.97. The van der Waals surface area contributed by atoms with Gasteiger partial charge in [-0.05, 0) is 12.0 Å². The summed E-state index contributed by atoms with van der Waals surface area (Å²) in [4.78, 5) is 23.8. The van der Waals surface area contributed by atoms with Crippen LogP contribution < -0.4 is 5.73 Å². The van der Waals surface area contributed by atoms with E-state index in [9.17, 15) is 24.9 Å². The van der Waals surface area contributed by atoms with Gasteiger partial charge in [0.05, 0.1) is 12.6 Å². The molecule has 0 heterocycles. The van der Waals surface area contributed by atoms with Crippen LogP contribution in [0, 0.1) is 0 Å². The zero-order valence-corrected chi connectivity index (χ0v) is 11.2. The highest BCUT2D eigenvalue weighted by Crippen LogP contribution is 2.07. The molecular weight excluding hydrogens is 278 g/mol. The summed E-state index contributed by atoms with van der Waals surface area (Å²) in [7, 11) is 0. The molecule has 0 aliphatic rings. The molecule has 7 nitrogen and oxygen atoms in total. The molecule has 0 radical (unpaired) electrons. The predicted octanol–water partition coefficient (Wildman–Crippen LogP) is -2.23. The molecule has 6 N–H and O–H groups in total. The molecule has 0 spiro atoms. The molecule has 21 heavy (non-hydrogen) atoms. The van der Waals surface area contributed by atoms with Gasteiger partial charge in [0.25, 0.3) is 0 Å². The largest absolute Gasteiger partial charge is 0.394 e. The van der Waals surface area contributed by atoms with Crippen molar-refractivity contribution in [3.8, 4) is 0 Å². The van der Waals surface area contributed by atoms with Gasteiger partial charge in [0.15, 0.2) is 0 Å². The van der Waals surface area contributed by atoms with Gasteiger partial charge in [0.2, 0.25) is 11.6 Å². The van der Waals surface area contributed by atoms with Crippen molar-refractivity contribution in [2.45, 2.75) is 30.8 Å². The number of carbonyl (C=O) groups is 2. The average molecular weight is 298 g/mol. The van der Waals surface area contributed by atoms with Crippen molar-refractivity contribution in [3.05, 3.63) is 35.9 Å². The molecule has 0 aromatic heterocycles. The molecule has 0 saturated carbocycles. The topological polar surface area (TPSA) is 141 Å². The van der Waals surface area contributed by atoms with Crippen LogP contribution in [0.2, 0.25) is 1.41 Å². The molecular formula is C14H19NO6. The van der Waals surface area contributed by atoms with Gasteiger partial charge in [-0.3, -0.25) is 9.59 Å². The Morgan fingerprint density at radius 3 is 2.29 bits per heavy atom. The Morgan fingerprint density at radius 2 is 1.76 bits per heavy atom. The number of hydrogen-bond acceptors (Lipinski definition) is 7. The molecule has 1 rings (SSSR count). The molecule has 0 amide bonds. The maximum absolute atomic E-state index is 12.0. The van der Waals surface area contributed by atoms with E-state index in [-0.39, 0.29) is 6.42 Å². The highest BCUT2D eigenvalue weighted by molar-refractivity contribution is 6.40. The molecule has 0 aliphatic heterocycles. The minimum absolute atomic E-state index is 0.0558. The Balaban J connectivity index is 2.76. The van der Waals surface area contributed by atoms with Crippen molar-refractivity contribution in [2.24, 2.45) is 5.73 Å². The maximum Gasteiger partial charge on any atom is 0.231 e. The Bertz CT molecular complexity index is 497. The summed E-state index contributed by atoms with van der Waals surface area (Å²) in [5.74, 6) is -2.42. The van der Waals surface area contributed by atoms with Crippen LogP contribution in [0.25, 0.3) is 0 Å². The van der Waals surface area contributed by atoms with Gasteiger partial charge < -0.3 is 26.2 Å². The van der Waals surface area contributed by atoms with Crippen LogP contribution in [0.15, 0.2) is 30.3 Å². The van der Waals surface area contributed by atoms with Crippen molar-refractivity contribution >= 4 is 11.6 Å². The number of aliphatic hydroxyl groups is 4. The number of aliphatic hydroxyl groups excluding tert-OH is 4. The summed E-state index contributed by atoms with van der Waals surface area (Å²) in [6.45, 7) is -0.871. The van der Waals surface area contributed by atoms with Crippen LogP contribution in [0.5, 0.6) is 0 Å². The van der Waals surface area contributed by atoms with Crippen LogP contribution in [0.1, 0.15) is 5.56 Å². The summed E-state index contributed by atoms with van der Waals surface area (Å²) >= 11 is 0. The second kappa shape index (κ2) is 7.96. The van der Waals surface area contributed by atoms with E-state index in [1.54, 1.807) is 30.3 Å². The number of nitrogens with two attached hydrogens (primary N) is 1. The van der Waals surface area contributed by atoms with E-state index >= 15 is 0 Å². The molecule has 0 aliphatic carbocycles. The van der Waals surface area contributed by atoms with Crippen molar-refractivity contribution in [1.82, 2.24) is 0 Å². The molecule has 0 bridgehead atoms. The zero-order valence-electron chi connectivity index (χ0n) is 12.2. The Labute approximate surface area is 123 Å². The number of hydrogen-bond donors (Lipinski definition) is 5. The van der Waals surface area contributed by atoms with Gasteiger partial charge >= 0.3 is 0 Å². The molecule has 4 atom stereocenters. The normalized spacial score (nSPS) is 17.4. The first-order valence-corrected chi connectivity index (χ1v) is 6.36. The standard InChI is InChI=1S/C14H19NO6/c15-9(6-8-4-2-1-3-5-8)11(18)13(20)14(21)12(19)10(17)7-16/h1-5,9-10,12,14,16-17,19,21H,6-7,15H2/t9-,10+,12+,14-/m0/s1/i/hD. The van der Waals surface area contributed by atoms with E-state index in [1.807, 2.05) is 5.73 Å². The van der Waals surface area contributed by atoms with Crippen molar-refractivity contribution in [1.29, 1.82) is 0 Å². The van der Waals surface area contributed by atoms with Crippen LogP contribution in [-0.4, -0.2) is 63.0 Å². The number of benzene rings is 1. The van der Waals surface area contributed by atoms with E-state index in [4.69, 9.17) is 6.52 Å². The lowest BCUT2D eigenvalue weighted by atomic mass is 9.95. The lowest BCUT2D eigenvalue weighted by molar-refractivity contribution is -0.150. The molecule has 7 heteroatoms. The summed E-state index contributed by atoms with van der Waals surface area (Å²) in [6, 6.07) is 7.47. The van der Waals surface area contributed by atoms with Gasteiger partial charge in [0.1, 0.15) is 19.7 Å². The first kappa shape index (κ1) is 15.7. The van der Waals surface area contributed by atoms with E-state index < -0.39 is 42.5 Å². The first-order valence-electron chi connectivity index (χ1n) is 6.86. The third kappa shape index (κ3) is 4.69. The fourth-order valence-corrected chi connectivity index (χ4v) is 1.73. The van der Waals surface area contributed by atoms with Crippen molar-refractivity contribution in [3.63, 3.8) is 0 Å². The fourth-order valence-electron chi connectivity index (χ4n) is 1.73. The molecule has 1 aromatic carbocycles. The minimum Gasteiger partial charge on any atom is -0.394 e. The lowest BCUT2D eigenvalue weighted by Crippen LogP contribution is -2.50. The number of rotatable bonds is 9. The molecule has 0 unspecified atom stereocenters. The quantitative estimate of drug-likeness (QED) is 0.325. The Morgan fingerprint density at radius 1 is 1.14 bits per heavy atom. The lowest BCUT2D eigenvalue weighted by Gasteiger charge is -2.21. The van der Waals surface area contributed by atoms with E-state index in [0.29, 0.717) is 5.56 Å². The second-order valence-corrected chi connectivity index (χ2v) is 4.66. The number of carbonyl (C=O) groups excluding carboxylic acids is 2. The summed E-state index contributed by atoms with van der Waals surface area (Å²) < 4.78 is 7.15. The number of Topliss-reactive ketones (excluding diaryl/α,β-unsaturated/α-hetero) is 2. The van der Waals surface area contributed by atoms with Crippen LogP contribution in [0.4, 0.5) is 0 Å². The smallest absolute Gasteiger partial charge is 0.231 e. The van der Waals surface area contributed by atoms with E-state index in [1.165, 1.54) is 0 Å². The van der Waals surface area contributed by atoms with Crippen molar-refractivity contribution < 1.29 is 31.4 Å². The number of ketones is 2. The van der Waals surface area contributed by atoms with Crippen LogP contribution in [-0.2, 0) is 16.0 Å². The minimum atomic E-state index is -2.17. The second-order valence-electron chi connectivity index (χ2n) is 4.66. The fraction of sp³-hybridized carbons (Fsp3) is 0.429. The van der Waals surface area contributed by atoms with Crippen LogP contribution in [0.3, 0.4) is 0 Å². The Hall–Kier alpha value is -1.64. The summed E-state index contributed by atoms with van der Waals surface area (Å²) in [5.41, 5.74) is 2.65. The highest BCUT2D eigenvalue weighted by Gasteiger charge is 2.35. The van der Waals surface area contributed by atoms with Gasteiger partial charge in [-0.1, -0.05) is 30.3 Å². The molecule has 116 valence electrons. The summed E-state index contributed by atoms with van der Waals surface area (Å²) in [5, 5.41) is 36.9. The van der Waals surface area contributed by atoms with E-state index in [0.717, 1.165) is 0 Å². The predicted molar refractivity (Wildman–Crippen MR) is 73.2 cm³/mol. The maximum atomic E-state index is 12.0. The third-order valence-corrected chi connectivity index (χ3v) is 3.02. The molecule has 0 fully saturated rings. The molecule has 0 saturated heterocycles. The average Bonchev–Trinajstić information content (AvgIpc) is 2.57. The van der Waals surface area contributed by atoms with Crippen molar-refractivity contribution in [2.75, 3.05) is 6.61 Å². The van der Waals surface area contributed by atoms with E-state index in [2.05, 4.69) is 0 Å².